The summed E-state index contributed by atoms with van der Waals surface area (Å²) in [6.07, 6.45) is 0.751. The Kier molecular flexibility index (Phi) is 1.51. The molecule has 1 aromatic heterocycles. The van der Waals surface area contributed by atoms with E-state index in [1.54, 1.807) is 0 Å². The van der Waals surface area contributed by atoms with Gasteiger partial charge >= 0.3 is 0 Å². The number of thiophene rings is 1. The Morgan fingerprint density at radius 2 is 2.42 bits per heavy atom. The number of fused-ring (bicyclic) bond motifs is 1. The maximum absolute atomic E-state index is 11.3. The topological polar surface area (TPSA) is 37.4 Å². The minimum atomic E-state index is 0.0517. The molecule has 0 amide bonds. The smallest absolute Gasteiger partial charge is 0.185 e. The Morgan fingerprint density at radius 1 is 1.67 bits per heavy atom. The number of nitrogens with zero attached hydrogens (tertiary/aromatic N) is 1. The van der Waals surface area contributed by atoms with Crippen LogP contribution in [-0.4, -0.2) is 25.7 Å². The fourth-order valence-corrected chi connectivity index (χ4v) is 2.32. The third-order valence-electron chi connectivity index (χ3n) is 1.98. The first-order valence-corrected chi connectivity index (χ1v) is 4.43. The lowest BCUT2D eigenvalue weighted by Gasteiger charge is -2.06. The summed E-state index contributed by atoms with van der Waals surface area (Å²) in [4.78, 5) is 24.3. The van der Waals surface area contributed by atoms with Crippen LogP contribution >= 0.6 is 11.3 Å². The van der Waals surface area contributed by atoms with Crippen LogP contribution in [0.2, 0.25) is 0 Å². The lowest BCUT2D eigenvalue weighted by atomic mass is 10.2. The predicted molar refractivity (Wildman–Crippen MR) is 47.3 cm³/mol. The minimum Gasteiger partial charge on any atom is -0.366 e. The molecule has 1 aliphatic heterocycles. The first kappa shape index (κ1) is 7.49. The zero-order valence-corrected chi connectivity index (χ0v) is 7.35. The van der Waals surface area contributed by atoms with Crippen molar-refractivity contribution >= 4 is 29.1 Å². The number of carbonyl (C=O) groups is 2. The molecule has 0 radical (unpaired) electrons. The second-order valence-corrected chi connectivity index (χ2v) is 3.67. The lowest BCUT2D eigenvalue weighted by molar-refractivity contribution is 0.100. The van der Waals surface area contributed by atoms with Crippen LogP contribution in [0.4, 0.5) is 5.69 Å². The molecule has 0 saturated heterocycles. The van der Waals surface area contributed by atoms with Gasteiger partial charge in [0.2, 0.25) is 0 Å². The van der Waals surface area contributed by atoms with Crippen LogP contribution in [0, 0.1) is 0 Å². The van der Waals surface area contributed by atoms with Crippen LogP contribution in [0.3, 0.4) is 0 Å². The van der Waals surface area contributed by atoms with Gasteiger partial charge in [0.1, 0.15) is 0 Å². The van der Waals surface area contributed by atoms with Crippen LogP contribution < -0.4 is 4.90 Å². The molecular weight excluding hydrogens is 174 g/mol. The van der Waals surface area contributed by atoms with E-state index in [0.717, 1.165) is 12.0 Å². The van der Waals surface area contributed by atoms with Crippen LogP contribution in [0.15, 0.2) is 5.38 Å². The number of hydrogen-bond donors (Lipinski definition) is 0. The molecule has 0 unspecified atom stereocenters. The third-order valence-corrected chi connectivity index (χ3v) is 2.87. The summed E-state index contributed by atoms with van der Waals surface area (Å²) in [5.41, 5.74) is 1.50. The van der Waals surface area contributed by atoms with Gasteiger partial charge < -0.3 is 4.90 Å². The van der Waals surface area contributed by atoms with Crippen LogP contribution in [-0.2, 0) is 0 Å². The van der Waals surface area contributed by atoms with E-state index in [0.29, 0.717) is 17.0 Å². The second kappa shape index (κ2) is 2.42. The fraction of sp³-hybridized carbons (Fsp3) is 0.250. The number of hydrogen-bond acceptors (Lipinski definition) is 4. The molecule has 0 atom stereocenters. The van der Waals surface area contributed by atoms with Crippen molar-refractivity contribution in [1.82, 2.24) is 0 Å². The summed E-state index contributed by atoms with van der Waals surface area (Å²) in [7, 11) is 1.85. The van der Waals surface area contributed by atoms with Crippen molar-refractivity contribution in [3.8, 4) is 0 Å². The molecule has 2 rings (SSSR count). The maximum atomic E-state index is 11.3. The average Bonchev–Trinajstić information content (AvgIpc) is 2.55. The molecular formula is C8H7NO2S. The van der Waals surface area contributed by atoms with E-state index < -0.39 is 0 Å². The van der Waals surface area contributed by atoms with E-state index in [-0.39, 0.29) is 5.78 Å². The molecule has 1 aliphatic rings. The third kappa shape index (κ3) is 0.814. The molecule has 0 aliphatic carbocycles. The van der Waals surface area contributed by atoms with Crippen molar-refractivity contribution in [3.63, 3.8) is 0 Å². The van der Waals surface area contributed by atoms with Gasteiger partial charge in [-0.25, -0.2) is 0 Å². The van der Waals surface area contributed by atoms with E-state index in [1.807, 2.05) is 17.3 Å². The van der Waals surface area contributed by atoms with Crippen molar-refractivity contribution < 1.29 is 9.59 Å². The number of ketones is 1. The first-order chi connectivity index (χ1) is 5.74. The normalized spacial score (nSPS) is 15.1. The first-order valence-electron chi connectivity index (χ1n) is 3.55. The van der Waals surface area contributed by atoms with Gasteiger partial charge in [-0.05, 0) is 0 Å². The highest BCUT2D eigenvalue weighted by molar-refractivity contribution is 7.12. The van der Waals surface area contributed by atoms with Gasteiger partial charge in [0.25, 0.3) is 0 Å². The Morgan fingerprint density at radius 3 is 3.08 bits per heavy atom. The van der Waals surface area contributed by atoms with Crippen LogP contribution in [0.25, 0.3) is 0 Å². The van der Waals surface area contributed by atoms with E-state index in [4.69, 9.17) is 0 Å². The van der Waals surface area contributed by atoms with Crippen LogP contribution in [0.1, 0.15) is 20.0 Å². The summed E-state index contributed by atoms with van der Waals surface area (Å²) in [6.45, 7) is 0.402. The number of rotatable bonds is 1. The molecule has 0 spiro atoms. The van der Waals surface area contributed by atoms with Crippen molar-refractivity contribution in [1.29, 1.82) is 0 Å². The SMILES string of the molecule is CN1CC(=O)c2c1csc2C=O. The molecule has 0 bridgehead atoms. The zero-order chi connectivity index (χ0) is 8.72. The second-order valence-electron chi connectivity index (χ2n) is 2.76. The molecule has 1 aromatic rings. The van der Waals surface area contributed by atoms with E-state index in [9.17, 15) is 9.59 Å². The monoisotopic (exact) mass is 181 g/mol. The minimum absolute atomic E-state index is 0.0517. The number of carbonyl (C=O) groups excluding carboxylic acids is 2. The Hall–Kier alpha value is -1.16. The Bertz CT molecular complexity index is 356. The van der Waals surface area contributed by atoms with Gasteiger partial charge in [-0.1, -0.05) is 0 Å². The highest BCUT2D eigenvalue weighted by Crippen LogP contribution is 2.33. The number of likely N-dealkylation sites (N-methyl/N-ethyl adjacent to an activating group) is 1. The van der Waals surface area contributed by atoms with Gasteiger partial charge in [-0.2, -0.15) is 0 Å². The number of anilines is 1. The number of Topliss-reactive ketones (excluding diaryl/α,β-unsaturated/α-hetero) is 1. The van der Waals surface area contributed by atoms with Crippen molar-refractivity contribution in [2.45, 2.75) is 0 Å². The lowest BCUT2D eigenvalue weighted by Crippen LogP contribution is -2.15. The van der Waals surface area contributed by atoms with E-state index in [1.165, 1.54) is 11.3 Å². The zero-order valence-electron chi connectivity index (χ0n) is 6.53. The van der Waals surface area contributed by atoms with Crippen LogP contribution in [0.5, 0.6) is 0 Å². The molecule has 4 heteroatoms. The fourth-order valence-electron chi connectivity index (χ4n) is 1.39. The summed E-state index contributed by atoms with van der Waals surface area (Å²) in [6, 6.07) is 0. The molecule has 0 aromatic carbocycles. The van der Waals surface area contributed by atoms with Gasteiger partial charge in [-0.15, -0.1) is 11.3 Å². The van der Waals surface area contributed by atoms with Gasteiger partial charge in [0.15, 0.2) is 12.1 Å². The molecule has 2 heterocycles. The predicted octanol–water partition coefficient (Wildman–Crippen LogP) is 1.19. The van der Waals surface area contributed by atoms with Gasteiger partial charge in [0, 0.05) is 12.4 Å². The highest BCUT2D eigenvalue weighted by Gasteiger charge is 2.28. The molecule has 0 N–H and O–H groups in total. The highest BCUT2D eigenvalue weighted by atomic mass is 32.1. The van der Waals surface area contributed by atoms with E-state index in [2.05, 4.69) is 0 Å². The number of aldehydes is 1. The Labute approximate surface area is 73.6 Å². The molecule has 0 saturated carbocycles. The summed E-state index contributed by atoms with van der Waals surface area (Å²) >= 11 is 1.33. The van der Waals surface area contributed by atoms with Gasteiger partial charge in [0.05, 0.1) is 22.7 Å². The van der Waals surface area contributed by atoms with Crippen molar-refractivity contribution in [2.75, 3.05) is 18.5 Å². The molecule has 3 nitrogen and oxygen atoms in total. The largest absolute Gasteiger partial charge is 0.366 e. The van der Waals surface area contributed by atoms with Crippen molar-refractivity contribution in [3.05, 3.63) is 15.8 Å². The summed E-state index contributed by atoms with van der Waals surface area (Å²) in [5, 5.41) is 1.85. The van der Waals surface area contributed by atoms with E-state index >= 15 is 0 Å². The quantitative estimate of drug-likeness (QED) is 0.611. The van der Waals surface area contributed by atoms with Gasteiger partial charge in [-0.3, -0.25) is 9.59 Å². The molecule has 0 fully saturated rings. The molecule has 12 heavy (non-hydrogen) atoms. The summed E-state index contributed by atoms with van der Waals surface area (Å²) in [5.74, 6) is 0.0517. The maximum Gasteiger partial charge on any atom is 0.185 e. The van der Waals surface area contributed by atoms with Crippen molar-refractivity contribution in [2.24, 2.45) is 0 Å². The summed E-state index contributed by atoms with van der Waals surface area (Å²) < 4.78 is 0. The average molecular weight is 181 g/mol. The Balaban J connectivity index is 2.62. The molecule has 62 valence electrons. The standard InChI is InChI=1S/C8H7NO2S/c1-9-2-6(11)8-5(9)4-12-7(8)3-10/h3-4H,2H2,1H3.